The van der Waals surface area contributed by atoms with Gasteiger partial charge in [0.1, 0.15) is 0 Å². The van der Waals surface area contributed by atoms with E-state index in [4.69, 9.17) is 16.3 Å². The average Bonchev–Trinajstić information content (AvgIpc) is 2.37. The number of hydrogen-bond acceptors (Lipinski definition) is 4. The zero-order valence-electron chi connectivity index (χ0n) is 11.1. The van der Waals surface area contributed by atoms with Gasteiger partial charge in [0.15, 0.2) is 0 Å². The predicted molar refractivity (Wildman–Crippen MR) is 75.9 cm³/mol. The molecule has 0 fully saturated rings. The van der Waals surface area contributed by atoms with E-state index in [0.717, 1.165) is 5.56 Å². The summed E-state index contributed by atoms with van der Waals surface area (Å²) in [7, 11) is -0.123. The van der Waals surface area contributed by atoms with Crippen LogP contribution >= 0.6 is 11.6 Å². The Kier molecular flexibility index (Phi) is 6.74. The van der Waals surface area contributed by atoms with Gasteiger partial charge in [0.05, 0.1) is 4.90 Å². The molecule has 7 heteroatoms. The van der Waals surface area contributed by atoms with Crippen LogP contribution in [0.3, 0.4) is 0 Å². The van der Waals surface area contributed by atoms with Crippen LogP contribution in [-0.4, -0.2) is 35.7 Å². The van der Waals surface area contributed by atoms with Crippen LogP contribution < -0.4 is 10.0 Å². The topological polar surface area (TPSA) is 67.4 Å². The van der Waals surface area contributed by atoms with E-state index in [9.17, 15) is 8.42 Å². The summed E-state index contributed by atoms with van der Waals surface area (Å²) in [5.41, 5.74) is 0.863. The molecular weight excluding hydrogens is 288 g/mol. The first-order chi connectivity index (χ1) is 9.01. The normalized spacial score (nSPS) is 11.7. The summed E-state index contributed by atoms with van der Waals surface area (Å²) in [5, 5.41) is 3.41. The van der Waals surface area contributed by atoms with Crippen molar-refractivity contribution in [1.82, 2.24) is 10.0 Å². The minimum absolute atomic E-state index is 0.176. The molecule has 0 radical (unpaired) electrons. The van der Waals surface area contributed by atoms with Crippen molar-refractivity contribution in [3.05, 3.63) is 28.8 Å². The maximum absolute atomic E-state index is 12.0. The standard InChI is InChI=1S/C12H19ClN2O3S/c1-14-9-10-4-5-11(8-12(10)13)19(16,17)15-6-3-7-18-2/h4-5,8,14-15H,3,6-7,9H2,1-2H3. The van der Waals surface area contributed by atoms with Gasteiger partial charge in [-0.2, -0.15) is 0 Å². The van der Waals surface area contributed by atoms with E-state index in [1.807, 2.05) is 0 Å². The van der Waals surface area contributed by atoms with Crippen molar-refractivity contribution < 1.29 is 13.2 Å². The van der Waals surface area contributed by atoms with Crippen molar-refractivity contribution in [2.75, 3.05) is 27.3 Å². The lowest BCUT2D eigenvalue weighted by atomic mass is 10.2. The van der Waals surface area contributed by atoms with Crippen LogP contribution in [0.2, 0.25) is 5.02 Å². The second-order valence-electron chi connectivity index (χ2n) is 4.03. The lowest BCUT2D eigenvalue weighted by Crippen LogP contribution is -2.25. The van der Waals surface area contributed by atoms with E-state index < -0.39 is 10.0 Å². The predicted octanol–water partition coefficient (Wildman–Crippen LogP) is 1.37. The lowest BCUT2D eigenvalue weighted by molar-refractivity contribution is 0.196. The summed E-state index contributed by atoms with van der Waals surface area (Å²) in [6, 6.07) is 4.73. The van der Waals surface area contributed by atoms with Crippen molar-refractivity contribution in [3.63, 3.8) is 0 Å². The Bertz CT molecular complexity index is 506. The number of methoxy groups -OCH3 is 1. The second-order valence-corrected chi connectivity index (χ2v) is 6.20. The summed E-state index contributed by atoms with van der Waals surface area (Å²) < 4.78 is 31.3. The van der Waals surface area contributed by atoms with Crippen LogP contribution in [0.5, 0.6) is 0 Å². The number of hydrogen-bond donors (Lipinski definition) is 2. The summed E-state index contributed by atoms with van der Waals surface area (Å²) in [6.45, 7) is 1.46. The van der Waals surface area contributed by atoms with E-state index in [2.05, 4.69) is 10.0 Å². The number of rotatable bonds is 8. The largest absolute Gasteiger partial charge is 0.385 e. The molecule has 0 aliphatic heterocycles. The van der Waals surface area contributed by atoms with Crippen molar-refractivity contribution in [2.24, 2.45) is 0 Å². The summed E-state index contributed by atoms with van der Waals surface area (Å²) >= 11 is 6.05. The SMILES string of the molecule is CNCc1ccc(S(=O)(=O)NCCCOC)cc1Cl. The first kappa shape index (κ1) is 16.4. The van der Waals surface area contributed by atoms with Gasteiger partial charge in [-0.25, -0.2) is 13.1 Å². The van der Waals surface area contributed by atoms with Gasteiger partial charge in [-0.15, -0.1) is 0 Å². The molecule has 0 amide bonds. The molecule has 0 aliphatic carbocycles. The fourth-order valence-electron chi connectivity index (χ4n) is 1.54. The van der Waals surface area contributed by atoms with Gasteiger partial charge in [0, 0.05) is 31.8 Å². The monoisotopic (exact) mass is 306 g/mol. The molecule has 5 nitrogen and oxygen atoms in total. The highest BCUT2D eigenvalue weighted by Crippen LogP contribution is 2.20. The fourth-order valence-corrected chi connectivity index (χ4v) is 2.95. The maximum Gasteiger partial charge on any atom is 0.240 e. The molecular formula is C12H19ClN2O3S. The van der Waals surface area contributed by atoms with Gasteiger partial charge in [0.25, 0.3) is 0 Å². The van der Waals surface area contributed by atoms with Crippen LogP contribution in [0, 0.1) is 0 Å². The minimum atomic E-state index is -3.51. The zero-order chi connectivity index (χ0) is 14.3. The fraction of sp³-hybridized carbons (Fsp3) is 0.500. The van der Waals surface area contributed by atoms with Gasteiger partial charge < -0.3 is 10.1 Å². The molecule has 0 unspecified atom stereocenters. The summed E-state index contributed by atoms with van der Waals surface area (Å²) in [4.78, 5) is 0.176. The molecule has 19 heavy (non-hydrogen) atoms. The third kappa shape index (κ3) is 5.08. The highest BCUT2D eigenvalue weighted by Gasteiger charge is 2.14. The Hall–Kier alpha value is -0.660. The quantitative estimate of drug-likeness (QED) is 0.712. The Morgan fingerprint density at radius 2 is 2.11 bits per heavy atom. The average molecular weight is 307 g/mol. The van der Waals surface area contributed by atoms with Crippen molar-refractivity contribution in [3.8, 4) is 0 Å². The lowest BCUT2D eigenvalue weighted by Gasteiger charge is -2.09. The molecule has 0 aliphatic rings. The number of nitrogens with one attached hydrogen (secondary N) is 2. The van der Waals surface area contributed by atoms with Crippen LogP contribution in [0.4, 0.5) is 0 Å². The molecule has 1 aromatic carbocycles. The second kappa shape index (κ2) is 7.81. The Morgan fingerprint density at radius 3 is 2.68 bits per heavy atom. The van der Waals surface area contributed by atoms with Crippen LogP contribution in [0.1, 0.15) is 12.0 Å². The number of ether oxygens (including phenoxy) is 1. The van der Waals surface area contributed by atoms with Gasteiger partial charge in [0.2, 0.25) is 10.0 Å². The molecule has 0 aromatic heterocycles. The first-order valence-electron chi connectivity index (χ1n) is 5.93. The van der Waals surface area contributed by atoms with E-state index in [1.54, 1.807) is 26.3 Å². The van der Waals surface area contributed by atoms with E-state index >= 15 is 0 Å². The van der Waals surface area contributed by atoms with E-state index in [1.165, 1.54) is 6.07 Å². The number of benzene rings is 1. The zero-order valence-corrected chi connectivity index (χ0v) is 12.6. The molecule has 0 saturated carbocycles. The van der Waals surface area contributed by atoms with Gasteiger partial charge in [-0.05, 0) is 31.2 Å². The molecule has 0 spiro atoms. The van der Waals surface area contributed by atoms with E-state index in [0.29, 0.717) is 31.1 Å². The molecule has 0 saturated heterocycles. The third-order valence-corrected chi connectivity index (χ3v) is 4.33. The molecule has 2 N–H and O–H groups in total. The number of sulfonamides is 1. The van der Waals surface area contributed by atoms with Gasteiger partial charge in [-0.3, -0.25) is 0 Å². The molecule has 108 valence electrons. The molecule has 0 bridgehead atoms. The molecule has 1 aromatic rings. The third-order valence-electron chi connectivity index (χ3n) is 2.52. The maximum atomic E-state index is 12.0. The minimum Gasteiger partial charge on any atom is -0.385 e. The van der Waals surface area contributed by atoms with Crippen molar-refractivity contribution in [2.45, 2.75) is 17.9 Å². The van der Waals surface area contributed by atoms with Crippen LogP contribution in [-0.2, 0) is 21.3 Å². The Labute approximate surface area is 119 Å². The van der Waals surface area contributed by atoms with Gasteiger partial charge >= 0.3 is 0 Å². The van der Waals surface area contributed by atoms with E-state index in [-0.39, 0.29) is 4.90 Å². The van der Waals surface area contributed by atoms with Crippen molar-refractivity contribution >= 4 is 21.6 Å². The smallest absolute Gasteiger partial charge is 0.240 e. The summed E-state index contributed by atoms with van der Waals surface area (Å²) in [6.07, 6.45) is 0.626. The van der Waals surface area contributed by atoms with Crippen LogP contribution in [0.25, 0.3) is 0 Å². The Morgan fingerprint density at radius 1 is 1.37 bits per heavy atom. The summed E-state index contributed by atoms with van der Waals surface area (Å²) in [5.74, 6) is 0. The molecule has 0 atom stereocenters. The highest BCUT2D eigenvalue weighted by atomic mass is 35.5. The van der Waals surface area contributed by atoms with Crippen molar-refractivity contribution in [1.29, 1.82) is 0 Å². The Balaban J connectivity index is 2.75. The first-order valence-corrected chi connectivity index (χ1v) is 7.79. The molecule has 0 heterocycles. The number of halogens is 1. The van der Waals surface area contributed by atoms with Crippen LogP contribution in [0.15, 0.2) is 23.1 Å². The highest BCUT2D eigenvalue weighted by molar-refractivity contribution is 7.89. The molecule has 1 rings (SSSR count). The van der Waals surface area contributed by atoms with Gasteiger partial charge in [-0.1, -0.05) is 17.7 Å².